The maximum Gasteiger partial charge on any atom is 0.237 e. The Bertz CT molecular complexity index is 191. The van der Waals surface area contributed by atoms with Crippen LogP contribution < -0.4 is 11.1 Å². The van der Waals surface area contributed by atoms with E-state index in [1.165, 1.54) is 0 Å². The standard InChI is InChI=1S/C12H26N2O2.ClH/c1-3-10(2)11(13)12(16)14-8-6-4-5-7-9-15;/h10-11,15H,3-9,13H2,1-2H3,(H,14,16);1H. The van der Waals surface area contributed by atoms with Gasteiger partial charge in [-0.2, -0.15) is 0 Å². The Morgan fingerprint density at radius 2 is 1.88 bits per heavy atom. The Balaban J connectivity index is 0. The van der Waals surface area contributed by atoms with Crippen molar-refractivity contribution < 1.29 is 9.90 Å². The van der Waals surface area contributed by atoms with Crippen molar-refractivity contribution in [3.05, 3.63) is 0 Å². The number of carbonyl (C=O) groups excluding carboxylic acids is 1. The van der Waals surface area contributed by atoms with Crippen molar-refractivity contribution in [1.29, 1.82) is 0 Å². The Labute approximate surface area is 111 Å². The molecule has 4 nitrogen and oxygen atoms in total. The van der Waals surface area contributed by atoms with E-state index >= 15 is 0 Å². The molecule has 2 unspecified atom stereocenters. The molecule has 0 bridgehead atoms. The third-order valence-electron chi connectivity index (χ3n) is 2.94. The first-order valence-electron chi connectivity index (χ1n) is 6.27. The Kier molecular flexibility index (Phi) is 13.6. The summed E-state index contributed by atoms with van der Waals surface area (Å²) in [5.74, 6) is 0.186. The molecule has 0 aromatic carbocycles. The van der Waals surface area contributed by atoms with Gasteiger partial charge in [0.1, 0.15) is 0 Å². The zero-order chi connectivity index (χ0) is 12.4. The number of aliphatic hydroxyl groups excluding tert-OH is 1. The van der Waals surface area contributed by atoms with Crippen molar-refractivity contribution in [2.45, 2.75) is 52.0 Å². The van der Waals surface area contributed by atoms with Crippen LogP contribution in [0.3, 0.4) is 0 Å². The van der Waals surface area contributed by atoms with Crippen molar-refractivity contribution >= 4 is 18.3 Å². The normalized spacial score (nSPS) is 13.6. The van der Waals surface area contributed by atoms with E-state index in [1.807, 2.05) is 13.8 Å². The number of hydrogen-bond acceptors (Lipinski definition) is 3. The van der Waals surface area contributed by atoms with Crippen molar-refractivity contribution in [3.63, 3.8) is 0 Å². The van der Waals surface area contributed by atoms with Gasteiger partial charge in [0.2, 0.25) is 5.91 Å². The van der Waals surface area contributed by atoms with Gasteiger partial charge in [-0.1, -0.05) is 33.1 Å². The molecule has 0 aliphatic heterocycles. The fourth-order valence-corrected chi connectivity index (χ4v) is 1.43. The molecule has 0 radical (unpaired) electrons. The molecule has 0 aliphatic carbocycles. The lowest BCUT2D eigenvalue weighted by atomic mass is 9.99. The zero-order valence-corrected chi connectivity index (χ0v) is 11.8. The van der Waals surface area contributed by atoms with Crippen molar-refractivity contribution in [2.24, 2.45) is 11.7 Å². The highest BCUT2D eigenvalue weighted by Gasteiger charge is 2.18. The predicted molar refractivity (Wildman–Crippen MR) is 73.2 cm³/mol. The summed E-state index contributed by atoms with van der Waals surface area (Å²) < 4.78 is 0. The highest BCUT2D eigenvalue weighted by molar-refractivity contribution is 5.85. The summed E-state index contributed by atoms with van der Waals surface area (Å²) in [5.41, 5.74) is 5.79. The molecule has 1 amide bonds. The van der Waals surface area contributed by atoms with E-state index in [0.29, 0.717) is 6.54 Å². The first-order chi connectivity index (χ1) is 7.63. The minimum atomic E-state index is -0.387. The second-order valence-corrected chi connectivity index (χ2v) is 4.34. The maximum atomic E-state index is 11.6. The van der Waals surface area contributed by atoms with Gasteiger partial charge in [0, 0.05) is 13.2 Å². The monoisotopic (exact) mass is 266 g/mol. The number of unbranched alkanes of at least 4 members (excludes halogenated alkanes) is 3. The highest BCUT2D eigenvalue weighted by atomic mass is 35.5. The number of carbonyl (C=O) groups is 1. The largest absolute Gasteiger partial charge is 0.396 e. The molecule has 4 N–H and O–H groups in total. The van der Waals surface area contributed by atoms with Crippen LogP contribution in [0.5, 0.6) is 0 Å². The van der Waals surface area contributed by atoms with Gasteiger partial charge >= 0.3 is 0 Å². The molecule has 104 valence electrons. The molecule has 0 fully saturated rings. The third kappa shape index (κ3) is 9.39. The summed E-state index contributed by atoms with van der Waals surface area (Å²) in [5, 5.41) is 11.4. The van der Waals surface area contributed by atoms with Crippen LogP contribution in [-0.4, -0.2) is 30.2 Å². The first kappa shape index (κ1) is 19.0. The van der Waals surface area contributed by atoms with Crippen LogP contribution in [0.2, 0.25) is 0 Å². The lowest BCUT2D eigenvalue weighted by Gasteiger charge is -2.17. The average Bonchev–Trinajstić information content (AvgIpc) is 2.31. The smallest absolute Gasteiger partial charge is 0.237 e. The minimum Gasteiger partial charge on any atom is -0.396 e. The topological polar surface area (TPSA) is 75.4 Å². The fraction of sp³-hybridized carbons (Fsp3) is 0.917. The number of halogens is 1. The lowest BCUT2D eigenvalue weighted by molar-refractivity contribution is -0.123. The van der Waals surface area contributed by atoms with Crippen molar-refractivity contribution in [3.8, 4) is 0 Å². The van der Waals surface area contributed by atoms with Gasteiger partial charge in [0.05, 0.1) is 6.04 Å². The summed E-state index contributed by atoms with van der Waals surface area (Å²) in [6.07, 6.45) is 4.79. The number of aliphatic hydroxyl groups is 1. The highest BCUT2D eigenvalue weighted by Crippen LogP contribution is 2.05. The SMILES string of the molecule is CCC(C)C(N)C(=O)NCCCCCCO.Cl. The maximum absolute atomic E-state index is 11.6. The van der Waals surface area contributed by atoms with Crippen LogP contribution in [-0.2, 0) is 4.79 Å². The van der Waals surface area contributed by atoms with E-state index in [1.54, 1.807) is 0 Å². The average molecular weight is 267 g/mol. The third-order valence-corrected chi connectivity index (χ3v) is 2.94. The first-order valence-corrected chi connectivity index (χ1v) is 6.27. The molecular formula is C12H27ClN2O2. The van der Waals surface area contributed by atoms with Gasteiger partial charge in [-0.3, -0.25) is 4.79 Å². The van der Waals surface area contributed by atoms with Crippen molar-refractivity contribution in [1.82, 2.24) is 5.32 Å². The van der Waals surface area contributed by atoms with E-state index in [0.717, 1.165) is 32.1 Å². The minimum absolute atomic E-state index is 0. The van der Waals surface area contributed by atoms with Crippen LogP contribution in [0.4, 0.5) is 0 Å². The molecular weight excluding hydrogens is 240 g/mol. The zero-order valence-electron chi connectivity index (χ0n) is 10.9. The van der Waals surface area contributed by atoms with Crippen LogP contribution in [0.15, 0.2) is 0 Å². The number of hydrogen-bond donors (Lipinski definition) is 3. The van der Waals surface area contributed by atoms with Crippen LogP contribution in [0.1, 0.15) is 46.0 Å². The molecule has 2 atom stereocenters. The Morgan fingerprint density at radius 1 is 1.29 bits per heavy atom. The molecule has 0 aromatic rings. The van der Waals surface area contributed by atoms with Gasteiger partial charge in [-0.05, 0) is 18.8 Å². The predicted octanol–water partition coefficient (Wildman–Crippen LogP) is 1.45. The molecule has 0 rings (SSSR count). The summed E-state index contributed by atoms with van der Waals surface area (Å²) >= 11 is 0. The summed E-state index contributed by atoms with van der Waals surface area (Å²) in [4.78, 5) is 11.6. The van der Waals surface area contributed by atoms with Crippen LogP contribution in [0.25, 0.3) is 0 Å². The van der Waals surface area contributed by atoms with Crippen LogP contribution in [0, 0.1) is 5.92 Å². The molecule has 0 aromatic heterocycles. The summed E-state index contributed by atoms with van der Waals surface area (Å²) in [6.45, 7) is 4.97. The van der Waals surface area contributed by atoms with E-state index < -0.39 is 0 Å². The second-order valence-electron chi connectivity index (χ2n) is 4.34. The van der Waals surface area contributed by atoms with Gasteiger partial charge < -0.3 is 16.2 Å². The molecule has 0 saturated heterocycles. The summed E-state index contributed by atoms with van der Waals surface area (Å²) in [7, 11) is 0. The number of amides is 1. The van der Waals surface area contributed by atoms with Gasteiger partial charge in [0.25, 0.3) is 0 Å². The van der Waals surface area contributed by atoms with E-state index in [2.05, 4.69) is 5.32 Å². The molecule has 0 spiro atoms. The molecule has 0 saturated carbocycles. The quantitative estimate of drug-likeness (QED) is 0.553. The number of nitrogens with one attached hydrogen (secondary N) is 1. The molecule has 0 aliphatic rings. The van der Waals surface area contributed by atoms with Gasteiger partial charge in [-0.25, -0.2) is 0 Å². The Morgan fingerprint density at radius 3 is 2.41 bits per heavy atom. The van der Waals surface area contributed by atoms with E-state index in [-0.39, 0.29) is 36.9 Å². The van der Waals surface area contributed by atoms with Crippen molar-refractivity contribution in [2.75, 3.05) is 13.2 Å². The fourth-order valence-electron chi connectivity index (χ4n) is 1.43. The number of rotatable bonds is 9. The molecule has 0 heterocycles. The van der Waals surface area contributed by atoms with E-state index in [9.17, 15) is 4.79 Å². The molecule has 5 heteroatoms. The van der Waals surface area contributed by atoms with Gasteiger partial charge in [0.15, 0.2) is 0 Å². The Hall–Kier alpha value is -0.320. The van der Waals surface area contributed by atoms with E-state index in [4.69, 9.17) is 10.8 Å². The van der Waals surface area contributed by atoms with Crippen LogP contribution >= 0.6 is 12.4 Å². The molecule has 17 heavy (non-hydrogen) atoms. The van der Waals surface area contributed by atoms with Gasteiger partial charge in [-0.15, -0.1) is 12.4 Å². The second kappa shape index (κ2) is 12.1. The lowest BCUT2D eigenvalue weighted by Crippen LogP contribution is -2.44. The summed E-state index contributed by atoms with van der Waals surface area (Å²) in [6, 6.07) is -0.387. The number of nitrogens with two attached hydrogens (primary N) is 1.